The van der Waals surface area contributed by atoms with Crippen LogP contribution in [0, 0.1) is 6.92 Å². The Labute approximate surface area is 171 Å². The number of rotatable bonds is 7. The molecule has 0 aliphatic heterocycles. The zero-order valence-electron chi connectivity index (χ0n) is 17.3. The predicted molar refractivity (Wildman–Crippen MR) is 110 cm³/mol. The minimum absolute atomic E-state index is 0.00334. The number of carbonyl (C=O) groups excluding carboxylic acids is 3. The minimum Gasteiger partial charge on any atom is -0.493 e. The molecule has 0 heterocycles. The van der Waals surface area contributed by atoms with Crippen LogP contribution in [0.2, 0.25) is 0 Å². The van der Waals surface area contributed by atoms with Crippen LogP contribution in [0.1, 0.15) is 48.7 Å². The summed E-state index contributed by atoms with van der Waals surface area (Å²) in [4.78, 5) is 35.7. The second-order valence-electron chi connectivity index (χ2n) is 7.78. The molecule has 6 heteroatoms. The summed E-state index contributed by atoms with van der Waals surface area (Å²) in [6.45, 7) is 7.82. The molecule has 2 aromatic rings. The number of benzene rings is 2. The third kappa shape index (κ3) is 7.41. The lowest BCUT2D eigenvalue weighted by Crippen LogP contribution is -2.34. The Morgan fingerprint density at radius 3 is 2.14 bits per heavy atom. The van der Waals surface area contributed by atoms with Gasteiger partial charge in [0.05, 0.1) is 13.0 Å². The van der Waals surface area contributed by atoms with Crippen LogP contribution in [0.25, 0.3) is 0 Å². The van der Waals surface area contributed by atoms with Gasteiger partial charge in [0.25, 0.3) is 11.8 Å². The lowest BCUT2D eigenvalue weighted by molar-refractivity contribution is -0.148. The van der Waals surface area contributed by atoms with E-state index in [0.29, 0.717) is 11.3 Å². The molecule has 29 heavy (non-hydrogen) atoms. The maximum absolute atomic E-state index is 12.1. The van der Waals surface area contributed by atoms with E-state index in [1.165, 1.54) is 0 Å². The summed E-state index contributed by atoms with van der Waals surface area (Å²) in [5, 5.41) is 2.21. The first-order chi connectivity index (χ1) is 13.6. The van der Waals surface area contributed by atoms with Gasteiger partial charge in [0.15, 0.2) is 6.61 Å². The fraction of sp³-hybridized carbons (Fsp3) is 0.348. The molecule has 0 radical (unpaired) electrons. The number of hydrogen-bond donors (Lipinski definition) is 1. The first kappa shape index (κ1) is 22.1. The van der Waals surface area contributed by atoms with E-state index in [9.17, 15) is 14.4 Å². The molecule has 2 aromatic carbocycles. The highest BCUT2D eigenvalue weighted by Crippen LogP contribution is 2.22. The quantitative estimate of drug-likeness (QED) is 0.723. The van der Waals surface area contributed by atoms with E-state index in [1.54, 1.807) is 12.1 Å². The van der Waals surface area contributed by atoms with Crippen LogP contribution in [0.15, 0.2) is 48.5 Å². The average Bonchev–Trinajstić information content (AvgIpc) is 2.67. The van der Waals surface area contributed by atoms with E-state index in [4.69, 9.17) is 9.47 Å². The maximum Gasteiger partial charge on any atom is 0.309 e. The monoisotopic (exact) mass is 397 g/mol. The van der Waals surface area contributed by atoms with Crippen molar-refractivity contribution in [3.8, 4) is 5.75 Å². The highest BCUT2D eigenvalue weighted by molar-refractivity contribution is 6.05. The van der Waals surface area contributed by atoms with Crippen molar-refractivity contribution in [2.75, 3.05) is 13.2 Å². The van der Waals surface area contributed by atoms with Crippen LogP contribution in [0.3, 0.4) is 0 Å². The van der Waals surface area contributed by atoms with Gasteiger partial charge in [0.2, 0.25) is 0 Å². The normalized spacial score (nSPS) is 10.9. The summed E-state index contributed by atoms with van der Waals surface area (Å²) in [6, 6.07) is 14.5. The molecule has 0 aliphatic rings. The van der Waals surface area contributed by atoms with E-state index < -0.39 is 24.4 Å². The van der Waals surface area contributed by atoms with Crippen LogP contribution in [-0.4, -0.2) is 31.0 Å². The van der Waals surface area contributed by atoms with Crippen molar-refractivity contribution in [1.29, 1.82) is 0 Å². The number of hydrogen-bond acceptors (Lipinski definition) is 5. The van der Waals surface area contributed by atoms with Crippen LogP contribution in [0.4, 0.5) is 0 Å². The molecule has 0 unspecified atom stereocenters. The number of nitrogens with one attached hydrogen (secondary N) is 1. The Morgan fingerprint density at radius 2 is 1.55 bits per heavy atom. The van der Waals surface area contributed by atoms with Crippen molar-refractivity contribution in [1.82, 2.24) is 5.32 Å². The molecule has 0 atom stereocenters. The molecule has 0 saturated carbocycles. The van der Waals surface area contributed by atoms with E-state index in [2.05, 4.69) is 26.1 Å². The fourth-order valence-electron chi connectivity index (χ4n) is 2.46. The third-order valence-electron chi connectivity index (χ3n) is 4.23. The molecule has 2 rings (SSSR count). The van der Waals surface area contributed by atoms with Crippen LogP contribution in [-0.2, 0) is 19.7 Å². The van der Waals surface area contributed by atoms with Crippen LogP contribution in [0.5, 0.6) is 5.75 Å². The van der Waals surface area contributed by atoms with Crippen LogP contribution < -0.4 is 10.1 Å². The highest BCUT2D eigenvalue weighted by Gasteiger charge is 2.16. The molecular formula is C23H27NO5. The van der Waals surface area contributed by atoms with E-state index in [-0.39, 0.29) is 18.4 Å². The van der Waals surface area contributed by atoms with Gasteiger partial charge in [-0.05, 0) is 42.2 Å². The Morgan fingerprint density at radius 1 is 0.931 bits per heavy atom. The summed E-state index contributed by atoms with van der Waals surface area (Å²) >= 11 is 0. The van der Waals surface area contributed by atoms with Gasteiger partial charge < -0.3 is 9.47 Å². The maximum atomic E-state index is 12.1. The summed E-state index contributed by atoms with van der Waals surface area (Å²) < 4.78 is 10.3. The minimum atomic E-state index is -0.678. The molecule has 0 bridgehead atoms. The van der Waals surface area contributed by atoms with E-state index in [1.807, 2.05) is 43.3 Å². The molecule has 0 saturated heterocycles. The zero-order valence-corrected chi connectivity index (χ0v) is 17.3. The molecule has 0 spiro atoms. The largest absolute Gasteiger partial charge is 0.493 e. The van der Waals surface area contributed by atoms with Crippen molar-refractivity contribution >= 4 is 17.8 Å². The third-order valence-corrected chi connectivity index (χ3v) is 4.23. The van der Waals surface area contributed by atoms with Gasteiger partial charge in [-0.3, -0.25) is 19.7 Å². The Bertz CT molecular complexity index is 848. The van der Waals surface area contributed by atoms with Gasteiger partial charge in [-0.15, -0.1) is 0 Å². The lowest BCUT2D eigenvalue weighted by atomic mass is 9.87. The topological polar surface area (TPSA) is 81.7 Å². The molecule has 6 nitrogen and oxygen atoms in total. The SMILES string of the molecule is Cc1ccc(OCCC(=O)OCC(=O)NC(=O)c2ccc(C(C)(C)C)cc2)cc1. The number of imide groups is 1. The van der Waals surface area contributed by atoms with E-state index in [0.717, 1.165) is 11.1 Å². The molecular weight excluding hydrogens is 370 g/mol. The lowest BCUT2D eigenvalue weighted by Gasteiger charge is -2.18. The molecule has 1 N–H and O–H groups in total. The van der Waals surface area contributed by atoms with Gasteiger partial charge in [-0.25, -0.2) is 0 Å². The Kier molecular flexibility index (Phi) is 7.53. The van der Waals surface area contributed by atoms with Gasteiger partial charge in [-0.2, -0.15) is 0 Å². The smallest absolute Gasteiger partial charge is 0.309 e. The van der Waals surface area contributed by atoms with Gasteiger partial charge in [0, 0.05) is 5.56 Å². The Hall–Kier alpha value is -3.15. The summed E-state index contributed by atoms with van der Waals surface area (Å²) in [5.41, 5.74) is 2.54. The van der Waals surface area contributed by atoms with E-state index >= 15 is 0 Å². The second kappa shape index (κ2) is 9.87. The summed E-state index contributed by atoms with van der Waals surface area (Å²) in [5.74, 6) is -1.13. The van der Waals surface area contributed by atoms with Gasteiger partial charge in [-0.1, -0.05) is 50.6 Å². The number of aryl methyl sites for hydroxylation is 1. The molecule has 0 aromatic heterocycles. The fourth-order valence-corrected chi connectivity index (χ4v) is 2.46. The van der Waals surface area contributed by atoms with Gasteiger partial charge >= 0.3 is 5.97 Å². The van der Waals surface area contributed by atoms with Crippen LogP contribution >= 0.6 is 0 Å². The van der Waals surface area contributed by atoms with Crippen molar-refractivity contribution in [2.24, 2.45) is 0 Å². The summed E-state index contributed by atoms with van der Waals surface area (Å²) in [6.07, 6.45) is 0.00334. The second-order valence-corrected chi connectivity index (χ2v) is 7.78. The number of ether oxygens (including phenoxy) is 2. The number of carbonyl (C=O) groups is 3. The molecule has 0 fully saturated rings. The summed E-state index contributed by atoms with van der Waals surface area (Å²) in [7, 11) is 0. The van der Waals surface area contributed by atoms with Gasteiger partial charge in [0.1, 0.15) is 5.75 Å². The molecule has 154 valence electrons. The predicted octanol–water partition coefficient (Wildman–Crippen LogP) is 3.56. The number of amides is 2. The zero-order chi connectivity index (χ0) is 21.4. The van der Waals surface area contributed by atoms with Crippen molar-refractivity contribution in [2.45, 2.75) is 39.5 Å². The highest BCUT2D eigenvalue weighted by atomic mass is 16.5. The average molecular weight is 397 g/mol. The van der Waals surface area contributed by atoms with Crippen molar-refractivity contribution < 1.29 is 23.9 Å². The molecule has 2 amide bonds. The standard InChI is InChI=1S/C23H27NO5/c1-16-5-11-19(12-6-16)28-14-13-21(26)29-15-20(25)24-22(27)17-7-9-18(10-8-17)23(2,3)4/h5-12H,13-15H2,1-4H3,(H,24,25,27). The Balaban J connectivity index is 1.70. The molecule has 0 aliphatic carbocycles. The number of esters is 1. The van der Waals surface area contributed by atoms with Crippen molar-refractivity contribution in [3.05, 3.63) is 65.2 Å². The first-order valence-corrected chi connectivity index (χ1v) is 9.45. The van der Waals surface area contributed by atoms with Crippen molar-refractivity contribution in [3.63, 3.8) is 0 Å². The first-order valence-electron chi connectivity index (χ1n) is 9.45.